The fraction of sp³-hybridized carbons (Fsp3) is 0.647. The quantitative estimate of drug-likeness (QED) is 0.702. The van der Waals surface area contributed by atoms with Gasteiger partial charge in [-0.2, -0.15) is 0 Å². The van der Waals surface area contributed by atoms with E-state index in [4.69, 9.17) is 9.47 Å². The molecule has 2 aliphatic rings. The Labute approximate surface area is 121 Å². The van der Waals surface area contributed by atoms with Gasteiger partial charge < -0.3 is 14.8 Å². The molecule has 2 fully saturated rings. The van der Waals surface area contributed by atoms with E-state index < -0.39 is 0 Å². The number of ether oxygens (including phenoxy) is 2. The highest BCUT2D eigenvalue weighted by molar-refractivity contribution is 5.20. The summed E-state index contributed by atoms with van der Waals surface area (Å²) in [5.74, 6) is 0.925. The monoisotopic (exact) mass is 275 g/mol. The highest BCUT2D eigenvalue weighted by Crippen LogP contribution is 2.38. The van der Waals surface area contributed by atoms with Gasteiger partial charge in [0.15, 0.2) is 0 Å². The second-order valence-electron chi connectivity index (χ2n) is 6.02. The largest absolute Gasteiger partial charge is 0.491 e. The van der Waals surface area contributed by atoms with E-state index in [2.05, 4.69) is 5.32 Å². The van der Waals surface area contributed by atoms with Gasteiger partial charge in [-0.25, -0.2) is 0 Å². The number of benzene rings is 1. The van der Waals surface area contributed by atoms with Gasteiger partial charge in [-0.1, -0.05) is 18.2 Å². The first-order valence-corrected chi connectivity index (χ1v) is 7.92. The van der Waals surface area contributed by atoms with Crippen LogP contribution in [0.1, 0.15) is 38.5 Å². The predicted octanol–water partition coefficient (Wildman–Crippen LogP) is 3.15. The Bertz CT molecular complexity index is 399. The highest BCUT2D eigenvalue weighted by Gasteiger charge is 2.37. The summed E-state index contributed by atoms with van der Waals surface area (Å²) in [5, 5.41) is 3.59. The molecule has 0 aromatic heterocycles. The zero-order valence-electron chi connectivity index (χ0n) is 12.1. The molecular formula is C17H25NO2. The Kier molecular flexibility index (Phi) is 4.58. The van der Waals surface area contributed by atoms with Crippen LogP contribution in [-0.4, -0.2) is 31.4 Å². The lowest BCUT2D eigenvalue weighted by molar-refractivity contribution is -0.110. The van der Waals surface area contributed by atoms with E-state index >= 15 is 0 Å². The Morgan fingerprint density at radius 2 is 1.90 bits per heavy atom. The predicted molar refractivity (Wildman–Crippen MR) is 80.1 cm³/mol. The first-order valence-electron chi connectivity index (χ1n) is 7.92. The molecule has 0 bridgehead atoms. The number of hydrogen-bond donors (Lipinski definition) is 1. The molecule has 0 atom stereocenters. The Morgan fingerprint density at radius 1 is 1.10 bits per heavy atom. The van der Waals surface area contributed by atoms with Gasteiger partial charge in [0, 0.05) is 6.04 Å². The number of nitrogens with one attached hydrogen (secondary N) is 1. The third kappa shape index (κ3) is 3.97. The third-order valence-corrected chi connectivity index (χ3v) is 4.36. The molecule has 0 radical (unpaired) electrons. The number of hydrogen-bond acceptors (Lipinski definition) is 3. The van der Waals surface area contributed by atoms with Crippen LogP contribution in [0.5, 0.6) is 5.75 Å². The van der Waals surface area contributed by atoms with Crippen LogP contribution in [0.2, 0.25) is 0 Å². The average Bonchev–Trinajstić information content (AvgIpc) is 3.25. The molecule has 0 amide bonds. The smallest absolute Gasteiger partial charge is 0.119 e. The van der Waals surface area contributed by atoms with Crippen LogP contribution in [0.25, 0.3) is 0 Å². The second kappa shape index (κ2) is 6.59. The first kappa shape index (κ1) is 13.9. The molecule has 110 valence electrons. The molecule has 3 nitrogen and oxygen atoms in total. The Balaban J connectivity index is 1.33. The summed E-state index contributed by atoms with van der Waals surface area (Å²) in [6, 6.07) is 10.8. The minimum absolute atomic E-state index is 0.141. The van der Waals surface area contributed by atoms with Crippen molar-refractivity contribution in [2.24, 2.45) is 0 Å². The molecule has 1 aromatic rings. The summed E-state index contributed by atoms with van der Waals surface area (Å²) in [5.41, 5.74) is 0.141. The molecule has 20 heavy (non-hydrogen) atoms. The standard InChI is InChI=1S/C17H25NO2/c1-2-5-16(6-3-1)19-13-14-20-17(9-4-10-17)11-12-18-15-7-8-15/h1-3,5-6,15,18H,4,7-14H2. The zero-order valence-corrected chi connectivity index (χ0v) is 12.1. The number of rotatable bonds is 9. The maximum atomic E-state index is 6.12. The highest BCUT2D eigenvalue weighted by atomic mass is 16.5. The lowest BCUT2D eigenvalue weighted by atomic mass is 9.77. The summed E-state index contributed by atoms with van der Waals surface area (Å²) in [7, 11) is 0. The summed E-state index contributed by atoms with van der Waals surface area (Å²) >= 11 is 0. The minimum atomic E-state index is 0.141. The van der Waals surface area contributed by atoms with Crippen LogP contribution < -0.4 is 10.1 Å². The molecule has 1 aromatic carbocycles. The summed E-state index contributed by atoms with van der Waals surface area (Å²) in [6.45, 7) is 2.43. The molecule has 3 rings (SSSR count). The van der Waals surface area contributed by atoms with Gasteiger partial charge in [0.1, 0.15) is 12.4 Å². The van der Waals surface area contributed by atoms with E-state index in [0.29, 0.717) is 13.2 Å². The Morgan fingerprint density at radius 3 is 2.55 bits per heavy atom. The van der Waals surface area contributed by atoms with E-state index in [1.54, 1.807) is 0 Å². The van der Waals surface area contributed by atoms with Gasteiger partial charge in [-0.3, -0.25) is 0 Å². The summed E-state index contributed by atoms with van der Waals surface area (Å²) in [6.07, 6.45) is 7.60. The van der Waals surface area contributed by atoms with Crippen molar-refractivity contribution in [2.75, 3.05) is 19.8 Å². The maximum absolute atomic E-state index is 6.12. The molecule has 1 N–H and O–H groups in total. The van der Waals surface area contributed by atoms with E-state index in [1.807, 2.05) is 30.3 Å². The molecule has 0 saturated heterocycles. The molecule has 3 heteroatoms. The molecule has 2 aliphatic carbocycles. The van der Waals surface area contributed by atoms with Crippen LogP contribution in [0.3, 0.4) is 0 Å². The van der Waals surface area contributed by atoms with Gasteiger partial charge >= 0.3 is 0 Å². The molecule has 0 heterocycles. The average molecular weight is 275 g/mol. The second-order valence-corrected chi connectivity index (χ2v) is 6.02. The zero-order chi connectivity index (χ0) is 13.7. The van der Waals surface area contributed by atoms with Crippen molar-refractivity contribution in [1.82, 2.24) is 5.32 Å². The van der Waals surface area contributed by atoms with E-state index in [1.165, 1.54) is 32.1 Å². The maximum Gasteiger partial charge on any atom is 0.119 e. The van der Waals surface area contributed by atoms with Crippen molar-refractivity contribution in [3.8, 4) is 5.75 Å². The van der Waals surface area contributed by atoms with Crippen molar-refractivity contribution in [3.05, 3.63) is 30.3 Å². The summed E-state index contributed by atoms with van der Waals surface area (Å²) < 4.78 is 11.8. The van der Waals surface area contributed by atoms with Crippen molar-refractivity contribution < 1.29 is 9.47 Å². The topological polar surface area (TPSA) is 30.5 Å². The van der Waals surface area contributed by atoms with Crippen LogP contribution in [0.15, 0.2) is 30.3 Å². The first-order chi connectivity index (χ1) is 9.86. The minimum Gasteiger partial charge on any atom is -0.491 e. The van der Waals surface area contributed by atoms with E-state index in [9.17, 15) is 0 Å². The lowest BCUT2D eigenvalue weighted by Crippen LogP contribution is -2.43. The molecule has 0 spiro atoms. The van der Waals surface area contributed by atoms with E-state index in [0.717, 1.165) is 24.8 Å². The van der Waals surface area contributed by atoms with Crippen LogP contribution in [-0.2, 0) is 4.74 Å². The van der Waals surface area contributed by atoms with Crippen molar-refractivity contribution >= 4 is 0 Å². The lowest BCUT2D eigenvalue weighted by Gasteiger charge is -2.42. The van der Waals surface area contributed by atoms with E-state index in [-0.39, 0.29) is 5.60 Å². The third-order valence-electron chi connectivity index (χ3n) is 4.36. The SMILES string of the molecule is c1ccc(OCCOC2(CCNC3CC3)CCC2)cc1. The van der Waals surface area contributed by atoms with Gasteiger partial charge in [-0.15, -0.1) is 0 Å². The van der Waals surface area contributed by atoms with Crippen molar-refractivity contribution in [1.29, 1.82) is 0 Å². The fourth-order valence-electron chi connectivity index (χ4n) is 2.76. The van der Waals surface area contributed by atoms with Crippen molar-refractivity contribution in [2.45, 2.75) is 50.2 Å². The molecule has 0 aliphatic heterocycles. The van der Waals surface area contributed by atoms with Crippen LogP contribution >= 0.6 is 0 Å². The van der Waals surface area contributed by atoms with Gasteiger partial charge in [0.05, 0.1) is 12.2 Å². The van der Waals surface area contributed by atoms with Gasteiger partial charge in [0.25, 0.3) is 0 Å². The van der Waals surface area contributed by atoms with Crippen LogP contribution in [0, 0.1) is 0 Å². The number of para-hydroxylation sites is 1. The Hall–Kier alpha value is -1.06. The van der Waals surface area contributed by atoms with Crippen LogP contribution in [0.4, 0.5) is 0 Å². The van der Waals surface area contributed by atoms with Gasteiger partial charge in [-0.05, 0) is 57.2 Å². The fourth-order valence-corrected chi connectivity index (χ4v) is 2.76. The molecule has 0 unspecified atom stereocenters. The van der Waals surface area contributed by atoms with Crippen molar-refractivity contribution in [3.63, 3.8) is 0 Å². The molecular weight excluding hydrogens is 250 g/mol. The van der Waals surface area contributed by atoms with Gasteiger partial charge in [0.2, 0.25) is 0 Å². The molecule has 2 saturated carbocycles. The summed E-state index contributed by atoms with van der Waals surface area (Å²) in [4.78, 5) is 0. The normalized spacial score (nSPS) is 20.4.